The van der Waals surface area contributed by atoms with Gasteiger partial charge in [-0.15, -0.1) is 0 Å². The van der Waals surface area contributed by atoms with Crippen molar-refractivity contribution in [3.63, 3.8) is 0 Å². The molecular weight excluding hydrogens is 326 g/mol. The van der Waals surface area contributed by atoms with Crippen molar-refractivity contribution in [2.45, 2.75) is 0 Å². The lowest BCUT2D eigenvalue weighted by Gasteiger charge is -2.08. The zero-order valence-electron chi connectivity index (χ0n) is 14.2. The Kier molecular flexibility index (Phi) is 5.16. The summed E-state index contributed by atoms with van der Waals surface area (Å²) in [5.74, 6) is 0.234. The third-order valence-electron chi connectivity index (χ3n) is 3.82. The molecule has 0 atom stereocenters. The van der Waals surface area contributed by atoms with Gasteiger partial charge in [0.25, 0.3) is 5.91 Å². The standard InChI is InChI=1S/C21H17N3O2/c1-26-20-11-9-17(10-12-20)23-21(25)16(15-22)14-19-8-5-13-24(19)18-6-3-2-4-7-18/h2-14H,1H3,(H,23,25)/b16-14-. The van der Waals surface area contributed by atoms with Crippen molar-refractivity contribution in [1.82, 2.24) is 4.57 Å². The van der Waals surface area contributed by atoms with Crippen LogP contribution < -0.4 is 10.1 Å². The van der Waals surface area contributed by atoms with Crippen LogP contribution in [0.25, 0.3) is 11.8 Å². The van der Waals surface area contributed by atoms with Crippen LogP contribution in [0, 0.1) is 11.3 Å². The molecule has 2 aromatic carbocycles. The molecule has 128 valence electrons. The van der Waals surface area contributed by atoms with Crippen molar-refractivity contribution in [2.75, 3.05) is 12.4 Å². The Morgan fingerprint density at radius 2 is 1.81 bits per heavy atom. The van der Waals surface area contributed by atoms with Gasteiger partial charge in [-0.2, -0.15) is 5.26 Å². The lowest BCUT2D eigenvalue weighted by atomic mass is 10.2. The first-order valence-electron chi connectivity index (χ1n) is 8.01. The second-order valence-corrected chi connectivity index (χ2v) is 5.49. The number of aromatic nitrogens is 1. The van der Waals surface area contributed by atoms with Gasteiger partial charge < -0.3 is 14.6 Å². The third kappa shape index (κ3) is 3.82. The molecule has 0 aliphatic carbocycles. The molecule has 0 radical (unpaired) electrons. The number of nitrogens with zero attached hydrogens (tertiary/aromatic N) is 2. The summed E-state index contributed by atoms with van der Waals surface area (Å²) in [6.45, 7) is 0. The Morgan fingerprint density at radius 3 is 2.46 bits per heavy atom. The number of anilines is 1. The maximum Gasteiger partial charge on any atom is 0.266 e. The highest BCUT2D eigenvalue weighted by Gasteiger charge is 2.11. The van der Waals surface area contributed by atoms with E-state index in [-0.39, 0.29) is 5.57 Å². The maximum absolute atomic E-state index is 12.4. The topological polar surface area (TPSA) is 67.0 Å². The van der Waals surface area contributed by atoms with Crippen LogP contribution in [0.2, 0.25) is 0 Å². The molecule has 0 bridgehead atoms. The number of hydrogen-bond donors (Lipinski definition) is 1. The molecule has 0 fully saturated rings. The first-order chi connectivity index (χ1) is 12.7. The Bertz CT molecular complexity index is 964. The predicted octanol–water partition coefficient (Wildman–Crippen LogP) is 4.03. The van der Waals surface area contributed by atoms with Gasteiger partial charge in [-0.3, -0.25) is 4.79 Å². The van der Waals surface area contributed by atoms with E-state index in [0.717, 1.165) is 11.4 Å². The second-order valence-electron chi connectivity index (χ2n) is 5.49. The zero-order valence-corrected chi connectivity index (χ0v) is 14.2. The lowest BCUT2D eigenvalue weighted by Crippen LogP contribution is -2.13. The van der Waals surface area contributed by atoms with Crippen molar-refractivity contribution in [3.05, 3.63) is 84.2 Å². The van der Waals surface area contributed by atoms with Crippen LogP contribution >= 0.6 is 0 Å². The summed E-state index contributed by atoms with van der Waals surface area (Å²) in [7, 11) is 1.58. The van der Waals surface area contributed by atoms with Gasteiger partial charge in [0.15, 0.2) is 0 Å². The van der Waals surface area contributed by atoms with Crippen molar-refractivity contribution >= 4 is 17.7 Å². The minimum absolute atomic E-state index is 0.0247. The molecule has 1 amide bonds. The van der Waals surface area contributed by atoms with Crippen LogP contribution in [-0.2, 0) is 4.79 Å². The summed E-state index contributed by atoms with van der Waals surface area (Å²) in [5.41, 5.74) is 2.32. The van der Waals surface area contributed by atoms with Crippen molar-refractivity contribution in [3.8, 4) is 17.5 Å². The Balaban J connectivity index is 1.83. The van der Waals surface area contributed by atoms with E-state index in [0.29, 0.717) is 11.4 Å². The summed E-state index contributed by atoms with van der Waals surface area (Å²) >= 11 is 0. The minimum Gasteiger partial charge on any atom is -0.497 e. The number of carbonyl (C=O) groups excluding carboxylic acids is 1. The summed E-state index contributed by atoms with van der Waals surface area (Å²) in [6, 6.07) is 22.3. The van der Waals surface area contributed by atoms with Gasteiger partial charge in [0.1, 0.15) is 17.4 Å². The fraction of sp³-hybridized carbons (Fsp3) is 0.0476. The normalized spacial score (nSPS) is 10.8. The monoisotopic (exact) mass is 343 g/mol. The average molecular weight is 343 g/mol. The Morgan fingerprint density at radius 1 is 1.08 bits per heavy atom. The second kappa shape index (κ2) is 7.86. The fourth-order valence-electron chi connectivity index (χ4n) is 2.50. The van der Waals surface area contributed by atoms with Crippen LogP contribution in [0.4, 0.5) is 5.69 Å². The largest absolute Gasteiger partial charge is 0.497 e. The number of nitrogens with one attached hydrogen (secondary N) is 1. The fourth-order valence-corrected chi connectivity index (χ4v) is 2.50. The molecule has 26 heavy (non-hydrogen) atoms. The van der Waals surface area contributed by atoms with Crippen LogP contribution in [0.3, 0.4) is 0 Å². The number of rotatable bonds is 5. The van der Waals surface area contributed by atoms with E-state index in [9.17, 15) is 10.1 Å². The highest BCUT2D eigenvalue weighted by Crippen LogP contribution is 2.18. The smallest absolute Gasteiger partial charge is 0.266 e. The van der Waals surface area contributed by atoms with Gasteiger partial charge in [0.05, 0.1) is 7.11 Å². The van der Waals surface area contributed by atoms with Crippen molar-refractivity contribution in [1.29, 1.82) is 5.26 Å². The van der Waals surface area contributed by atoms with E-state index >= 15 is 0 Å². The summed E-state index contributed by atoms with van der Waals surface area (Å²) < 4.78 is 7.00. The minimum atomic E-state index is -0.460. The molecule has 0 spiro atoms. The number of carbonyl (C=O) groups is 1. The molecule has 5 heteroatoms. The predicted molar refractivity (Wildman–Crippen MR) is 101 cm³/mol. The Hall–Kier alpha value is -3.78. The Labute approximate surface area is 151 Å². The first kappa shape index (κ1) is 17.1. The third-order valence-corrected chi connectivity index (χ3v) is 3.82. The van der Waals surface area contributed by atoms with Crippen LogP contribution in [0.5, 0.6) is 5.75 Å². The van der Waals surface area contributed by atoms with Gasteiger partial charge >= 0.3 is 0 Å². The molecule has 1 heterocycles. The summed E-state index contributed by atoms with van der Waals surface area (Å²) in [6.07, 6.45) is 3.46. The van der Waals surface area contributed by atoms with Gasteiger partial charge in [0.2, 0.25) is 0 Å². The van der Waals surface area contributed by atoms with E-state index < -0.39 is 5.91 Å². The molecule has 0 aliphatic heterocycles. The maximum atomic E-state index is 12.4. The van der Waals surface area contributed by atoms with E-state index in [1.807, 2.05) is 59.3 Å². The highest BCUT2D eigenvalue weighted by molar-refractivity contribution is 6.09. The van der Waals surface area contributed by atoms with Gasteiger partial charge in [-0.1, -0.05) is 18.2 Å². The summed E-state index contributed by atoms with van der Waals surface area (Å²) in [4.78, 5) is 12.4. The van der Waals surface area contributed by atoms with E-state index in [2.05, 4.69) is 5.32 Å². The summed E-state index contributed by atoms with van der Waals surface area (Å²) in [5, 5.41) is 12.1. The van der Waals surface area contributed by atoms with Gasteiger partial charge in [-0.25, -0.2) is 0 Å². The lowest BCUT2D eigenvalue weighted by molar-refractivity contribution is -0.112. The molecule has 3 aromatic rings. The number of ether oxygens (including phenoxy) is 1. The van der Waals surface area contributed by atoms with Crippen molar-refractivity contribution < 1.29 is 9.53 Å². The number of hydrogen-bond acceptors (Lipinski definition) is 3. The number of nitriles is 1. The van der Waals surface area contributed by atoms with Crippen LogP contribution in [0.15, 0.2) is 78.5 Å². The quantitative estimate of drug-likeness (QED) is 0.562. The molecule has 1 aromatic heterocycles. The number of methoxy groups -OCH3 is 1. The van der Waals surface area contributed by atoms with E-state index in [1.165, 1.54) is 0 Å². The van der Waals surface area contributed by atoms with Gasteiger partial charge in [0, 0.05) is 23.3 Å². The molecular formula is C21H17N3O2. The number of para-hydroxylation sites is 1. The molecule has 0 unspecified atom stereocenters. The van der Waals surface area contributed by atoms with Crippen LogP contribution in [-0.4, -0.2) is 17.6 Å². The van der Waals surface area contributed by atoms with E-state index in [4.69, 9.17) is 4.74 Å². The molecule has 1 N–H and O–H groups in total. The first-order valence-corrected chi connectivity index (χ1v) is 8.01. The molecule has 0 aliphatic rings. The van der Waals surface area contributed by atoms with E-state index in [1.54, 1.807) is 37.5 Å². The molecule has 0 saturated heterocycles. The average Bonchev–Trinajstić information content (AvgIpc) is 3.15. The molecule has 5 nitrogen and oxygen atoms in total. The highest BCUT2D eigenvalue weighted by atomic mass is 16.5. The number of benzene rings is 2. The SMILES string of the molecule is COc1ccc(NC(=O)/C(C#N)=C\c2cccn2-c2ccccc2)cc1. The number of amides is 1. The molecule has 0 saturated carbocycles. The molecule has 3 rings (SSSR count). The van der Waals surface area contributed by atoms with Crippen molar-refractivity contribution in [2.24, 2.45) is 0 Å². The zero-order chi connectivity index (χ0) is 18.4. The van der Waals surface area contributed by atoms with Crippen LogP contribution in [0.1, 0.15) is 5.69 Å². The van der Waals surface area contributed by atoms with Gasteiger partial charge in [-0.05, 0) is 54.6 Å².